The van der Waals surface area contributed by atoms with Gasteiger partial charge in [0.05, 0.1) is 14.2 Å². The van der Waals surface area contributed by atoms with E-state index in [1.54, 1.807) is 18.2 Å². The van der Waals surface area contributed by atoms with Crippen LogP contribution in [0, 0.1) is 0 Å². The lowest BCUT2D eigenvalue weighted by atomic mass is 10.1. The standard InChI is InChI=1S/C13H12N2O4S/c1-18-9-5-3-4-7(10(9)19-2)6-8-11(16)14-13(20)15-12(8)17/h3-6H,1-2H3,(H2,14,15,16,17,20). The van der Waals surface area contributed by atoms with E-state index >= 15 is 0 Å². The molecule has 1 heterocycles. The summed E-state index contributed by atoms with van der Waals surface area (Å²) < 4.78 is 10.4. The highest BCUT2D eigenvalue weighted by Gasteiger charge is 2.26. The molecule has 2 rings (SSSR count). The number of methoxy groups -OCH3 is 2. The Labute approximate surface area is 120 Å². The van der Waals surface area contributed by atoms with E-state index in [1.807, 2.05) is 0 Å². The van der Waals surface area contributed by atoms with E-state index in [9.17, 15) is 9.59 Å². The molecule has 6 nitrogen and oxygen atoms in total. The molecular weight excluding hydrogens is 280 g/mol. The Hall–Kier alpha value is -2.41. The minimum atomic E-state index is -0.552. The van der Waals surface area contributed by atoms with Crippen LogP contribution in [0.5, 0.6) is 11.5 Å². The third-order valence-corrected chi connectivity index (χ3v) is 2.88. The molecule has 0 unspecified atom stereocenters. The summed E-state index contributed by atoms with van der Waals surface area (Å²) in [4.78, 5) is 23.5. The van der Waals surface area contributed by atoms with Crippen molar-refractivity contribution in [3.63, 3.8) is 0 Å². The van der Waals surface area contributed by atoms with Crippen LogP contribution in [0.3, 0.4) is 0 Å². The Bertz CT molecular complexity index is 603. The Morgan fingerprint density at radius 2 is 1.75 bits per heavy atom. The van der Waals surface area contributed by atoms with Crippen LogP contribution in [-0.4, -0.2) is 31.1 Å². The Morgan fingerprint density at radius 3 is 2.30 bits per heavy atom. The van der Waals surface area contributed by atoms with Crippen LogP contribution in [0.1, 0.15) is 5.56 Å². The number of carbonyl (C=O) groups is 2. The number of ether oxygens (including phenoxy) is 2. The molecule has 104 valence electrons. The summed E-state index contributed by atoms with van der Waals surface area (Å²) in [5.41, 5.74) is 0.505. The lowest BCUT2D eigenvalue weighted by Crippen LogP contribution is -2.51. The first-order valence-corrected chi connectivity index (χ1v) is 6.07. The summed E-state index contributed by atoms with van der Waals surface area (Å²) in [6.07, 6.45) is 1.42. The molecule has 0 spiro atoms. The van der Waals surface area contributed by atoms with Crippen molar-refractivity contribution in [3.8, 4) is 11.5 Å². The number of hydrogen-bond acceptors (Lipinski definition) is 5. The smallest absolute Gasteiger partial charge is 0.263 e. The van der Waals surface area contributed by atoms with Crippen LogP contribution in [0.15, 0.2) is 23.8 Å². The molecule has 0 saturated carbocycles. The number of carbonyl (C=O) groups excluding carboxylic acids is 2. The van der Waals surface area contributed by atoms with Crippen molar-refractivity contribution in [3.05, 3.63) is 29.3 Å². The molecule has 1 fully saturated rings. The molecule has 2 N–H and O–H groups in total. The number of amides is 2. The summed E-state index contributed by atoms with van der Waals surface area (Å²) in [7, 11) is 2.99. The van der Waals surface area contributed by atoms with Gasteiger partial charge in [0.1, 0.15) is 5.57 Å². The fourth-order valence-electron chi connectivity index (χ4n) is 1.79. The van der Waals surface area contributed by atoms with Crippen molar-refractivity contribution in [1.82, 2.24) is 10.6 Å². The minimum Gasteiger partial charge on any atom is -0.493 e. The summed E-state index contributed by atoms with van der Waals surface area (Å²) in [5.74, 6) is -0.155. The monoisotopic (exact) mass is 292 g/mol. The van der Waals surface area contributed by atoms with Crippen LogP contribution < -0.4 is 20.1 Å². The number of benzene rings is 1. The van der Waals surface area contributed by atoms with Gasteiger partial charge in [-0.1, -0.05) is 12.1 Å². The normalized spacial score (nSPS) is 14.5. The molecule has 0 aliphatic carbocycles. The van der Waals surface area contributed by atoms with Gasteiger partial charge < -0.3 is 9.47 Å². The van der Waals surface area contributed by atoms with Gasteiger partial charge in [0.2, 0.25) is 0 Å². The Balaban J connectivity index is 2.47. The number of hydrogen-bond donors (Lipinski definition) is 2. The first kappa shape index (κ1) is 14.0. The molecule has 20 heavy (non-hydrogen) atoms. The molecule has 1 aromatic carbocycles. The molecule has 7 heteroatoms. The van der Waals surface area contributed by atoms with Gasteiger partial charge in [-0.15, -0.1) is 0 Å². The van der Waals surface area contributed by atoms with Gasteiger partial charge in [-0.3, -0.25) is 20.2 Å². The highest BCUT2D eigenvalue weighted by Crippen LogP contribution is 2.32. The number of nitrogens with one attached hydrogen (secondary N) is 2. The van der Waals surface area contributed by atoms with Gasteiger partial charge in [-0.25, -0.2) is 0 Å². The Kier molecular flexibility index (Phi) is 3.99. The third kappa shape index (κ3) is 2.62. The summed E-state index contributed by atoms with van der Waals surface area (Å²) in [6.45, 7) is 0. The molecular formula is C13H12N2O4S. The fourth-order valence-corrected chi connectivity index (χ4v) is 1.97. The maximum absolute atomic E-state index is 11.8. The summed E-state index contributed by atoms with van der Waals surface area (Å²) in [5, 5.41) is 4.73. The highest BCUT2D eigenvalue weighted by molar-refractivity contribution is 7.80. The first-order valence-electron chi connectivity index (χ1n) is 5.66. The van der Waals surface area contributed by atoms with Crippen LogP contribution >= 0.6 is 12.2 Å². The van der Waals surface area contributed by atoms with E-state index in [-0.39, 0.29) is 10.7 Å². The van der Waals surface area contributed by atoms with E-state index in [0.717, 1.165) is 0 Å². The van der Waals surface area contributed by atoms with Crippen LogP contribution in [0.2, 0.25) is 0 Å². The quantitative estimate of drug-likeness (QED) is 0.485. The SMILES string of the molecule is COc1cccc(C=C2C(=O)NC(=S)NC2=O)c1OC. The third-order valence-electron chi connectivity index (χ3n) is 2.68. The van der Waals surface area contributed by atoms with Crippen LogP contribution in [-0.2, 0) is 9.59 Å². The topological polar surface area (TPSA) is 76.7 Å². The largest absolute Gasteiger partial charge is 0.493 e. The lowest BCUT2D eigenvalue weighted by molar-refractivity contribution is -0.123. The maximum atomic E-state index is 11.8. The van der Waals surface area contributed by atoms with E-state index < -0.39 is 11.8 Å². The average Bonchev–Trinajstić information content (AvgIpc) is 2.42. The predicted molar refractivity (Wildman–Crippen MR) is 76.4 cm³/mol. The average molecular weight is 292 g/mol. The van der Waals surface area contributed by atoms with Crippen molar-refractivity contribution >= 4 is 35.2 Å². The number of rotatable bonds is 3. The molecule has 0 aromatic heterocycles. The molecule has 2 amide bonds. The van der Waals surface area contributed by atoms with Crippen LogP contribution in [0.25, 0.3) is 6.08 Å². The fraction of sp³-hybridized carbons (Fsp3) is 0.154. The molecule has 1 saturated heterocycles. The first-order chi connectivity index (χ1) is 9.56. The van der Waals surface area contributed by atoms with Crippen molar-refractivity contribution in [1.29, 1.82) is 0 Å². The van der Waals surface area contributed by atoms with Crippen molar-refractivity contribution in [2.24, 2.45) is 0 Å². The highest BCUT2D eigenvalue weighted by atomic mass is 32.1. The van der Waals surface area contributed by atoms with Gasteiger partial charge in [-0.2, -0.15) is 0 Å². The minimum absolute atomic E-state index is 0.00485. The summed E-state index contributed by atoms with van der Waals surface area (Å²) in [6, 6.07) is 5.16. The number of para-hydroxylation sites is 1. The number of thiocarbonyl (C=S) groups is 1. The van der Waals surface area contributed by atoms with Crippen LogP contribution in [0.4, 0.5) is 0 Å². The second kappa shape index (κ2) is 5.70. The molecule has 1 aliphatic heterocycles. The molecule has 0 radical (unpaired) electrons. The second-order valence-corrected chi connectivity index (χ2v) is 4.29. The van der Waals surface area contributed by atoms with Crippen molar-refractivity contribution in [2.45, 2.75) is 0 Å². The zero-order valence-electron chi connectivity index (χ0n) is 10.9. The van der Waals surface area contributed by atoms with Gasteiger partial charge in [0.15, 0.2) is 16.6 Å². The van der Waals surface area contributed by atoms with E-state index in [0.29, 0.717) is 17.1 Å². The predicted octanol–water partition coefficient (Wildman–Crippen LogP) is 0.618. The van der Waals surface area contributed by atoms with Gasteiger partial charge in [-0.05, 0) is 24.4 Å². The van der Waals surface area contributed by atoms with Crippen molar-refractivity contribution in [2.75, 3.05) is 14.2 Å². The Morgan fingerprint density at radius 1 is 1.10 bits per heavy atom. The van der Waals surface area contributed by atoms with E-state index in [1.165, 1.54) is 20.3 Å². The second-order valence-electron chi connectivity index (χ2n) is 3.88. The molecule has 0 atom stereocenters. The zero-order valence-corrected chi connectivity index (χ0v) is 11.7. The van der Waals surface area contributed by atoms with Gasteiger partial charge in [0, 0.05) is 5.56 Å². The van der Waals surface area contributed by atoms with E-state index in [4.69, 9.17) is 21.7 Å². The van der Waals surface area contributed by atoms with E-state index in [2.05, 4.69) is 10.6 Å². The molecule has 1 aromatic rings. The summed E-state index contributed by atoms with van der Waals surface area (Å²) >= 11 is 4.73. The van der Waals surface area contributed by atoms with Gasteiger partial charge >= 0.3 is 0 Å². The van der Waals surface area contributed by atoms with Crippen molar-refractivity contribution < 1.29 is 19.1 Å². The maximum Gasteiger partial charge on any atom is 0.263 e. The molecule has 1 aliphatic rings. The zero-order chi connectivity index (χ0) is 14.7. The molecule has 0 bridgehead atoms. The van der Waals surface area contributed by atoms with Gasteiger partial charge in [0.25, 0.3) is 11.8 Å². The lowest BCUT2D eigenvalue weighted by Gasteiger charge is -2.17.